The zero-order valence-electron chi connectivity index (χ0n) is 11.5. The SMILES string of the molecule is O=C(c1ccc(O)c(O)c1)N1CCN2CCCCC2C1. The van der Waals surface area contributed by atoms with Crippen LogP contribution in [0.15, 0.2) is 18.2 Å². The van der Waals surface area contributed by atoms with E-state index in [4.69, 9.17) is 0 Å². The number of fused-ring (bicyclic) bond motifs is 1. The number of piperazine rings is 1. The Kier molecular flexibility index (Phi) is 3.53. The van der Waals surface area contributed by atoms with Crippen LogP contribution in [-0.4, -0.2) is 58.1 Å². The van der Waals surface area contributed by atoms with Crippen molar-refractivity contribution < 1.29 is 15.0 Å². The van der Waals surface area contributed by atoms with E-state index in [-0.39, 0.29) is 17.4 Å². The Labute approximate surface area is 118 Å². The first-order valence-electron chi connectivity index (χ1n) is 7.20. The number of hydrogen-bond donors (Lipinski definition) is 2. The van der Waals surface area contributed by atoms with Gasteiger partial charge in [-0.1, -0.05) is 6.42 Å². The third-order valence-electron chi connectivity index (χ3n) is 4.35. The molecule has 1 aromatic rings. The predicted molar refractivity (Wildman–Crippen MR) is 74.9 cm³/mol. The molecule has 2 aliphatic heterocycles. The number of nitrogens with zero attached hydrogens (tertiary/aromatic N) is 2. The van der Waals surface area contributed by atoms with Crippen molar-refractivity contribution in [3.8, 4) is 11.5 Å². The summed E-state index contributed by atoms with van der Waals surface area (Å²) in [6.07, 6.45) is 3.66. The fraction of sp³-hybridized carbons (Fsp3) is 0.533. The second kappa shape index (κ2) is 5.32. The summed E-state index contributed by atoms with van der Waals surface area (Å²) < 4.78 is 0. The van der Waals surface area contributed by atoms with E-state index in [1.54, 1.807) is 6.07 Å². The molecule has 108 valence electrons. The molecule has 2 heterocycles. The van der Waals surface area contributed by atoms with Crippen molar-refractivity contribution in [2.24, 2.45) is 0 Å². The van der Waals surface area contributed by atoms with Crippen molar-refractivity contribution in [1.29, 1.82) is 0 Å². The molecule has 0 spiro atoms. The van der Waals surface area contributed by atoms with Gasteiger partial charge in [0.1, 0.15) is 0 Å². The molecule has 1 aromatic carbocycles. The molecule has 2 fully saturated rings. The Morgan fingerprint density at radius 2 is 1.95 bits per heavy atom. The van der Waals surface area contributed by atoms with E-state index in [0.717, 1.165) is 32.6 Å². The summed E-state index contributed by atoms with van der Waals surface area (Å²) in [6.45, 7) is 3.57. The number of piperidine rings is 1. The van der Waals surface area contributed by atoms with Gasteiger partial charge in [0.15, 0.2) is 11.5 Å². The second-order valence-electron chi connectivity index (χ2n) is 5.64. The molecule has 0 aliphatic carbocycles. The Balaban J connectivity index is 1.72. The highest BCUT2D eigenvalue weighted by atomic mass is 16.3. The van der Waals surface area contributed by atoms with Gasteiger partial charge in [-0.2, -0.15) is 0 Å². The molecule has 3 rings (SSSR count). The first-order valence-corrected chi connectivity index (χ1v) is 7.20. The fourth-order valence-corrected chi connectivity index (χ4v) is 3.18. The lowest BCUT2D eigenvalue weighted by Crippen LogP contribution is -2.56. The largest absolute Gasteiger partial charge is 0.504 e. The molecule has 0 bridgehead atoms. The van der Waals surface area contributed by atoms with Crippen LogP contribution >= 0.6 is 0 Å². The molecule has 0 aromatic heterocycles. The van der Waals surface area contributed by atoms with Crippen LogP contribution in [0.5, 0.6) is 11.5 Å². The highest BCUT2D eigenvalue weighted by molar-refractivity contribution is 5.95. The lowest BCUT2D eigenvalue weighted by atomic mass is 9.99. The van der Waals surface area contributed by atoms with Gasteiger partial charge in [0, 0.05) is 31.2 Å². The fourth-order valence-electron chi connectivity index (χ4n) is 3.18. The first-order chi connectivity index (χ1) is 9.65. The minimum Gasteiger partial charge on any atom is -0.504 e. The van der Waals surface area contributed by atoms with Gasteiger partial charge in [0.2, 0.25) is 0 Å². The van der Waals surface area contributed by atoms with Crippen molar-refractivity contribution in [1.82, 2.24) is 9.80 Å². The van der Waals surface area contributed by atoms with Gasteiger partial charge in [-0.05, 0) is 37.6 Å². The van der Waals surface area contributed by atoms with Gasteiger partial charge in [0.25, 0.3) is 5.91 Å². The smallest absolute Gasteiger partial charge is 0.254 e. The normalized spacial score (nSPS) is 23.4. The molecule has 0 saturated carbocycles. The summed E-state index contributed by atoms with van der Waals surface area (Å²) in [6, 6.07) is 4.74. The quantitative estimate of drug-likeness (QED) is 0.761. The molecule has 5 heteroatoms. The Bertz CT molecular complexity index is 518. The molecule has 1 unspecified atom stereocenters. The summed E-state index contributed by atoms with van der Waals surface area (Å²) >= 11 is 0. The summed E-state index contributed by atoms with van der Waals surface area (Å²) in [7, 11) is 0. The Morgan fingerprint density at radius 1 is 1.10 bits per heavy atom. The minimum absolute atomic E-state index is 0.0643. The van der Waals surface area contributed by atoms with Crippen molar-refractivity contribution >= 4 is 5.91 Å². The number of amides is 1. The lowest BCUT2D eigenvalue weighted by Gasteiger charge is -2.44. The van der Waals surface area contributed by atoms with E-state index in [1.165, 1.54) is 25.0 Å². The lowest BCUT2D eigenvalue weighted by molar-refractivity contribution is 0.0372. The molecule has 20 heavy (non-hydrogen) atoms. The van der Waals surface area contributed by atoms with Gasteiger partial charge >= 0.3 is 0 Å². The number of aromatic hydroxyl groups is 2. The maximum atomic E-state index is 12.5. The van der Waals surface area contributed by atoms with Crippen LogP contribution in [0.1, 0.15) is 29.6 Å². The van der Waals surface area contributed by atoms with E-state index in [2.05, 4.69) is 4.90 Å². The van der Waals surface area contributed by atoms with E-state index in [0.29, 0.717) is 11.6 Å². The number of carbonyl (C=O) groups is 1. The maximum absolute atomic E-state index is 12.5. The van der Waals surface area contributed by atoms with Gasteiger partial charge in [-0.15, -0.1) is 0 Å². The summed E-state index contributed by atoms with van der Waals surface area (Å²) in [5.74, 6) is -0.503. The van der Waals surface area contributed by atoms with Crippen LogP contribution in [0, 0.1) is 0 Å². The minimum atomic E-state index is -0.243. The van der Waals surface area contributed by atoms with Gasteiger partial charge in [0.05, 0.1) is 0 Å². The highest BCUT2D eigenvalue weighted by Gasteiger charge is 2.31. The molecular weight excluding hydrogens is 256 g/mol. The van der Waals surface area contributed by atoms with Crippen LogP contribution in [0.2, 0.25) is 0 Å². The molecule has 2 saturated heterocycles. The first kappa shape index (κ1) is 13.2. The standard InChI is InChI=1S/C15H20N2O3/c18-13-5-4-11(9-14(13)19)15(20)17-8-7-16-6-2-1-3-12(16)10-17/h4-5,9,12,18-19H,1-3,6-8,10H2. The Hall–Kier alpha value is -1.75. The Morgan fingerprint density at radius 3 is 2.75 bits per heavy atom. The molecule has 1 atom stereocenters. The van der Waals surface area contributed by atoms with Crippen molar-refractivity contribution in [2.75, 3.05) is 26.2 Å². The maximum Gasteiger partial charge on any atom is 0.254 e. The van der Waals surface area contributed by atoms with Crippen LogP contribution in [0.25, 0.3) is 0 Å². The van der Waals surface area contributed by atoms with Crippen LogP contribution in [-0.2, 0) is 0 Å². The zero-order chi connectivity index (χ0) is 14.1. The number of phenolic OH excluding ortho intramolecular Hbond substituents is 2. The number of carbonyl (C=O) groups excluding carboxylic acids is 1. The highest BCUT2D eigenvalue weighted by Crippen LogP contribution is 2.27. The number of rotatable bonds is 1. The van der Waals surface area contributed by atoms with Crippen molar-refractivity contribution in [2.45, 2.75) is 25.3 Å². The van der Waals surface area contributed by atoms with E-state index >= 15 is 0 Å². The molecule has 1 amide bonds. The van der Waals surface area contributed by atoms with Crippen LogP contribution in [0.4, 0.5) is 0 Å². The van der Waals surface area contributed by atoms with Crippen molar-refractivity contribution in [3.05, 3.63) is 23.8 Å². The predicted octanol–water partition coefficient (Wildman–Crippen LogP) is 1.41. The van der Waals surface area contributed by atoms with E-state index in [9.17, 15) is 15.0 Å². The average molecular weight is 276 g/mol. The summed E-state index contributed by atoms with van der Waals surface area (Å²) in [4.78, 5) is 16.8. The second-order valence-corrected chi connectivity index (χ2v) is 5.64. The number of benzene rings is 1. The molecule has 0 radical (unpaired) electrons. The average Bonchev–Trinajstić information content (AvgIpc) is 2.49. The zero-order valence-corrected chi connectivity index (χ0v) is 11.5. The number of hydrogen-bond acceptors (Lipinski definition) is 4. The molecule has 2 N–H and O–H groups in total. The molecule has 5 nitrogen and oxygen atoms in total. The molecular formula is C15H20N2O3. The van der Waals surface area contributed by atoms with Gasteiger partial charge < -0.3 is 15.1 Å². The summed E-state index contributed by atoms with van der Waals surface area (Å²) in [5, 5.41) is 18.8. The topological polar surface area (TPSA) is 64.0 Å². The van der Waals surface area contributed by atoms with Gasteiger partial charge in [-0.25, -0.2) is 0 Å². The van der Waals surface area contributed by atoms with E-state index in [1.807, 2.05) is 4.90 Å². The van der Waals surface area contributed by atoms with Crippen LogP contribution in [0.3, 0.4) is 0 Å². The number of phenols is 2. The third-order valence-corrected chi connectivity index (χ3v) is 4.35. The third kappa shape index (κ3) is 2.45. The molecule has 2 aliphatic rings. The van der Waals surface area contributed by atoms with Gasteiger partial charge in [-0.3, -0.25) is 9.69 Å². The van der Waals surface area contributed by atoms with Crippen LogP contribution < -0.4 is 0 Å². The van der Waals surface area contributed by atoms with E-state index < -0.39 is 0 Å². The van der Waals surface area contributed by atoms with Crippen molar-refractivity contribution in [3.63, 3.8) is 0 Å². The summed E-state index contributed by atoms with van der Waals surface area (Å²) in [5.41, 5.74) is 0.435. The monoisotopic (exact) mass is 276 g/mol.